The molecule has 2 aliphatic rings. The van der Waals surface area contributed by atoms with Gasteiger partial charge in [0.2, 0.25) is 11.8 Å². The lowest BCUT2D eigenvalue weighted by atomic mass is 9.81. The molecule has 2 unspecified atom stereocenters. The molecule has 1 aliphatic heterocycles. The Hall–Kier alpha value is -3.95. The van der Waals surface area contributed by atoms with E-state index in [1.807, 2.05) is 24.3 Å². The first-order valence-corrected chi connectivity index (χ1v) is 12.6. The van der Waals surface area contributed by atoms with Crippen LogP contribution in [-0.4, -0.2) is 52.3 Å². The molecule has 1 saturated heterocycles. The SMILES string of the molecule is COc1ccccc1CNC(=O)CCCN1C(=O)C2CCCCC2N(Cc2cccc([N+](=O)[O-])c2)C1=O. The first-order chi connectivity index (χ1) is 17.9. The van der Waals surface area contributed by atoms with E-state index >= 15 is 0 Å². The van der Waals surface area contributed by atoms with E-state index in [4.69, 9.17) is 4.74 Å². The van der Waals surface area contributed by atoms with Crippen molar-refractivity contribution in [2.45, 2.75) is 57.7 Å². The number of fused-ring (bicyclic) bond motifs is 1. The topological polar surface area (TPSA) is 122 Å². The number of carbonyl (C=O) groups is 3. The van der Waals surface area contributed by atoms with Crippen molar-refractivity contribution in [3.05, 3.63) is 69.8 Å². The second-order valence-electron chi connectivity index (χ2n) is 9.48. The van der Waals surface area contributed by atoms with Crippen LogP contribution in [0, 0.1) is 16.0 Å². The largest absolute Gasteiger partial charge is 0.496 e. The molecular formula is C27H32N4O6. The van der Waals surface area contributed by atoms with Crippen LogP contribution >= 0.6 is 0 Å². The van der Waals surface area contributed by atoms with Crippen molar-refractivity contribution in [1.29, 1.82) is 0 Å². The van der Waals surface area contributed by atoms with Crippen molar-refractivity contribution in [3.8, 4) is 5.75 Å². The zero-order valence-corrected chi connectivity index (χ0v) is 20.9. The van der Waals surface area contributed by atoms with Gasteiger partial charge < -0.3 is 15.0 Å². The molecule has 196 valence electrons. The molecule has 4 rings (SSSR count). The monoisotopic (exact) mass is 508 g/mol. The number of methoxy groups -OCH3 is 1. The lowest BCUT2D eigenvalue weighted by molar-refractivity contribution is -0.384. The number of carbonyl (C=O) groups excluding carboxylic acids is 3. The number of imide groups is 1. The summed E-state index contributed by atoms with van der Waals surface area (Å²) in [6.45, 7) is 0.671. The van der Waals surface area contributed by atoms with Gasteiger partial charge >= 0.3 is 6.03 Å². The van der Waals surface area contributed by atoms with E-state index in [-0.39, 0.29) is 49.0 Å². The Morgan fingerprint density at radius 2 is 1.92 bits per heavy atom. The minimum absolute atomic E-state index is 0.0331. The molecule has 2 atom stereocenters. The normalized spacial score (nSPS) is 19.4. The first-order valence-electron chi connectivity index (χ1n) is 12.6. The number of para-hydroxylation sites is 1. The predicted octanol–water partition coefficient (Wildman–Crippen LogP) is 4.02. The van der Waals surface area contributed by atoms with Gasteiger partial charge in [0.05, 0.1) is 18.0 Å². The smallest absolute Gasteiger partial charge is 0.327 e. The van der Waals surface area contributed by atoms with Gasteiger partial charge in [0, 0.05) is 49.8 Å². The zero-order valence-electron chi connectivity index (χ0n) is 20.9. The van der Waals surface area contributed by atoms with E-state index in [1.54, 1.807) is 24.1 Å². The summed E-state index contributed by atoms with van der Waals surface area (Å²) in [6, 6.07) is 13.1. The Bertz CT molecular complexity index is 1170. The average molecular weight is 509 g/mol. The predicted molar refractivity (Wildman–Crippen MR) is 136 cm³/mol. The molecule has 2 fully saturated rings. The molecule has 0 spiro atoms. The van der Waals surface area contributed by atoms with Crippen LogP contribution in [0.25, 0.3) is 0 Å². The molecule has 37 heavy (non-hydrogen) atoms. The van der Waals surface area contributed by atoms with Gasteiger partial charge in [-0.15, -0.1) is 0 Å². The van der Waals surface area contributed by atoms with Crippen LogP contribution in [0.4, 0.5) is 10.5 Å². The number of nitro groups is 1. The third kappa shape index (κ3) is 6.07. The number of urea groups is 1. The second kappa shape index (κ2) is 11.9. The number of non-ortho nitro benzene ring substituents is 1. The third-order valence-electron chi connectivity index (χ3n) is 7.12. The van der Waals surface area contributed by atoms with Crippen molar-refractivity contribution in [3.63, 3.8) is 0 Å². The Morgan fingerprint density at radius 1 is 1.14 bits per heavy atom. The highest BCUT2D eigenvalue weighted by Gasteiger charge is 2.46. The van der Waals surface area contributed by atoms with Crippen molar-refractivity contribution in [2.75, 3.05) is 13.7 Å². The number of hydrogen-bond acceptors (Lipinski definition) is 6. The van der Waals surface area contributed by atoms with Gasteiger partial charge in [-0.3, -0.25) is 24.6 Å². The first kappa shape index (κ1) is 26.1. The highest BCUT2D eigenvalue weighted by atomic mass is 16.6. The lowest BCUT2D eigenvalue weighted by Gasteiger charge is -2.47. The Labute approximate surface area is 215 Å². The van der Waals surface area contributed by atoms with Crippen LogP contribution in [0.3, 0.4) is 0 Å². The van der Waals surface area contributed by atoms with Crippen LogP contribution in [0.5, 0.6) is 5.75 Å². The maximum atomic E-state index is 13.5. The Morgan fingerprint density at radius 3 is 2.70 bits per heavy atom. The molecule has 10 heteroatoms. The van der Waals surface area contributed by atoms with Crippen LogP contribution < -0.4 is 10.1 Å². The Kier molecular flexibility index (Phi) is 8.37. The maximum Gasteiger partial charge on any atom is 0.327 e. The van der Waals surface area contributed by atoms with Gasteiger partial charge in [0.25, 0.3) is 5.69 Å². The number of hydrogen-bond donors (Lipinski definition) is 1. The van der Waals surface area contributed by atoms with Crippen LogP contribution in [0.1, 0.15) is 49.7 Å². The minimum atomic E-state index is -0.459. The van der Waals surface area contributed by atoms with Gasteiger partial charge in [-0.25, -0.2) is 4.79 Å². The van der Waals surface area contributed by atoms with E-state index in [2.05, 4.69) is 5.32 Å². The quantitative estimate of drug-likeness (QED) is 0.382. The lowest BCUT2D eigenvalue weighted by Crippen LogP contribution is -2.62. The summed E-state index contributed by atoms with van der Waals surface area (Å²) in [6.07, 6.45) is 3.81. The summed E-state index contributed by atoms with van der Waals surface area (Å²) in [5, 5.41) is 14.1. The van der Waals surface area contributed by atoms with Gasteiger partial charge in [-0.2, -0.15) is 0 Å². The fraction of sp³-hybridized carbons (Fsp3) is 0.444. The molecule has 4 amide bonds. The zero-order chi connectivity index (χ0) is 26.4. The van der Waals surface area contributed by atoms with Crippen molar-refractivity contribution in [1.82, 2.24) is 15.1 Å². The maximum absolute atomic E-state index is 13.5. The fourth-order valence-corrected chi connectivity index (χ4v) is 5.25. The average Bonchev–Trinajstić information content (AvgIpc) is 2.92. The van der Waals surface area contributed by atoms with Crippen molar-refractivity contribution in [2.24, 2.45) is 5.92 Å². The van der Waals surface area contributed by atoms with E-state index in [0.717, 1.165) is 24.8 Å². The van der Waals surface area contributed by atoms with Gasteiger partial charge in [-0.1, -0.05) is 43.2 Å². The summed E-state index contributed by atoms with van der Waals surface area (Å²) < 4.78 is 5.30. The van der Waals surface area contributed by atoms with Crippen molar-refractivity contribution < 1.29 is 24.0 Å². The summed E-state index contributed by atoms with van der Waals surface area (Å²) in [5.41, 5.74) is 1.48. The van der Waals surface area contributed by atoms with E-state index in [0.29, 0.717) is 30.7 Å². The van der Waals surface area contributed by atoms with Crippen LogP contribution in [-0.2, 0) is 22.7 Å². The third-order valence-corrected chi connectivity index (χ3v) is 7.12. The Balaban J connectivity index is 1.39. The molecule has 10 nitrogen and oxygen atoms in total. The van der Waals surface area contributed by atoms with Crippen LogP contribution in [0.2, 0.25) is 0 Å². The number of amides is 4. The van der Waals surface area contributed by atoms with Crippen molar-refractivity contribution >= 4 is 23.5 Å². The molecule has 0 bridgehead atoms. The number of nitrogens with zero attached hydrogens (tertiary/aromatic N) is 3. The van der Waals surface area contributed by atoms with Crippen LogP contribution in [0.15, 0.2) is 48.5 Å². The summed E-state index contributed by atoms with van der Waals surface area (Å²) >= 11 is 0. The van der Waals surface area contributed by atoms with E-state index in [9.17, 15) is 24.5 Å². The molecular weight excluding hydrogens is 476 g/mol. The number of rotatable bonds is 10. The van der Waals surface area contributed by atoms with Gasteiger partial charge in [0.15, 0.2) is 0 Å². The van der Waals surface area contributed by atoms with E-state index in [1.165, 1.54) is 17.0 Å². The molecule has 1 heterocycles. The summed E-state index contributed by atoms with van der Waals surface area (Å²) in [4.78, 5) is 52.8. The number of ether oxygens (including phenoxy) is 1. The highest BCUT2D eigenvalue weighted by Crippen LogP contribution is 2.35. The molecule has 1 saturated carbocycles. The standard InChI is InChI=1S/C27H32N4O6/c1-37-24-13-5-2-9-20(24)17-28-25(32)14-7-15-29-26(33)22-11-3-4-12-23(22)30(27(29)34)18-19-8-6-10-21(16-19)31(35)36/h2,5-6,8-10,13,16,22-23H,3-4,7,11-12,14-15,17-18H2,1H3,(H,28,32). The fourth-order valence-electron chi connectivity index (χ4n) is 5.25. The summed E-state index contributed by atoms with van der Waals surface area (Å²) in [5.74, 6) is 0.0499. The summed E-state index contributed by atoms with van der Waals surface area (Å²) in [7, 11) is 1.58. The molecule has 0 aromatic heterocycles. The number of nitro benzene ring substituents is 1. The second-order valence-corrected chi connectivity index (χ2v) is 9.48. The number of nitrogens with one attached hydrogen (secondary N) is 1. The molecule has 1 aliphatic carbocycles. The molecule has 2 aromatic rings. The van der Waals surface area contributed by atoms with Gasteiger partial charge in [0.1, 0.15) is 5.75 Å². The van der Waals surface area contributed by atoms with E-state index < -0.39 is 11.0 Å². The minimum Gasteiger partial charge on any atom is -0.496 e. The number of benzene rings is 2. The molecule has 0 radical (unpaired) electrons. The molecule has 2 aromatic carbocycles. The molecule has 1 N–H and O–H groups in total. The van der Waals surface area contributed by atoms with Gasteiger partial charge in [-0.05, 0) is 30.9 Å². The highest BCUT2D eigenvalue weighted by molar-refractivity contribution is 5.98.